The van der Waals surface area contributed by atoms with E-state index >= 15 is 0 Å². The summed E-state index contributed by atoms with van der Waals surface area (Å²) in [5, 5.41) is 9.61. The van der Waals surface area contributed by atoms with Crippen LogP contribution in [0.2, 0.25) is 0 Å². The van der Waals surface area contributed by atoms with E-state index in [1.165, 1.54) is 5.56 Å². The van der Waals surface area contributed by atoms with E-state index in [4.69, 9.17) is 4.74 Å². The first kappa shape index (κ1) is 16.1. The lowest BCUT2D eigenvalue weighted by atomic mass is 9.79. The predicted molar refractivity (Wildman–Crippen MR) is 87.3 cm³/mol. The van der Waals surface area contributed by atoms with Crippen LogP contribution in [0.5, 0.6) is 5.75 Å². The molecule has 1 atom stereocenters. The largest absolute Gasteiger partial charge is 0.478 e. The Hall–Kier alpha value is -2.29. The first-order chi connectivity index (χ1) is 10.4. The highest BCUT2D eigenvalue weighted by molar-refractivity contribution is 5.75. The molecular formula is C19H22O3. The van der Waals surface area contributed by atoms with Crippen LogP contribution in [0.15, 0.2) is 54.6 Å². The highest BCUT2D eigenvalue weighted by Gasteiger charge is 2.38. The highest BCUT2D eigenvalue weighted by atomic mass is 16.5. The molecule has 0 aliphatic rings. The van der Waals surface area contributed by atoms with Gasteiger partial charge in [0.1, 0.15) is 5.75 Å². The molecule has 0 aliphatic heterocycles. The van der Waals surface area contributed by atoms with E-state index in [1.807, 2.05) is 68.4 Å². The smallest absolute Gasteiger partial charge is 0.345 e. The van der Waals surface area contributed by atoms with Gasteiger partial charge >= 0.3 is 5.97 Å². The average molecular weight is 298 g/mol. The van der Waals surface area contributed by atoms with Gasteiger partial charge in [-0.25, -0.2) is 4.79 Å². The van der Waals surface area contributed by atoms with Gasteiger partial charge in [0.15, 0.2) is 0 Å². The second-order valence-electron chi connectivity index (χ2n) is 5.92. The van der Waals surface area contributed by atoms with Crippen molar-refractivity contribution in [1.29, 1.82) is 0 Å². The van der Waals surface area contributed by atoms with Gasteiger partial charge in [-0.05, 0) is 29.7 Å². The summed E-state index contributed by atoms with van der Waals surface area (Å²) in [4.78, 5) is 11.7. The number of hydrogen-bond acceptors (Lipinski definition) is 2. The van der Waals surface area contributed by atoms with Gasteiger partial charge in [-0.15, -0.1) is 0 Å². The number of carboxylic acid groups (broad SMARTS) is 1. The molecule has 0 spiro atoms. The average Bonchev–Trinajstić information content (AvgIpc) is 2.53. The van der Waals surface area contributed by atoms with Crippen LogP contribution >= 0.6 is 0 Å². The fourth-order valence-corrected chi connectivity index (χ4v) is 2.47. The number of aliphatic carboxylic acids is 1. The van der Waals surface area contributed by atoms with E-state index in [0.717, 1.165) is 12.0 Å². The molecule has 0 aromatic heterocycles. The maximum absolute atomic E-state index is 11.7. The van der Waals surface area contributed by atoms with Gasteiger partial charge in [-0.1, -0.05) is 63.2 Å². The zero-order valence-electron chi connectivity index (χ0n) is 13.2. The standard InChI is InChI=1S/C19H22O3/c1-4-14-10-12-16(13-11-14)22-17(18(20)21)19(2,3)15-8-6-5-7-9-15/h5-13,17H,4H2,1-3H3,(H,20,21). The van der Waals surface area contributed by atoms with Gasteiger partial charge in [0, 0.05) is 5.41 Å². The molecule has 2 aromatic carbocycles. The summed E-state index contributed by atoms with van der Waals surface area (Å²) in [5.41, 5.74) is 1.49. The third kappa shape index (κ3) is 3.48. The van der Waals surface area contributed by atoms with Crippen molar-refractivity contribution in [3.8, 4) is 5.75 Å². The van der Waals surface area contributed by atoms with E-state index in [0.29, 0.717) is 5.75 Å². The molecule has 22 heavy (non-hydrogen) atoms. The molecule has 0 fully saturated rings. The minimum absolute atomic E-state index is 0.577. The lowest BCUT2D eigenvalue weighted by molar-refractivity contribution is -0.148. The van der Waals surface area contributed by atoms with Crippen LogP contribution < -0.4 is 4.74 Å². The van der Waals surface area contributed by atoms with Crippen LogP contribution in [-0.2, 0) is 16.6 Å². The number of aryl methyl sites for hydroxylation is 1. The lowest BCUT2D eigenvalue weighted by Crippen LogP contribution is -2.44. The Balaban J connectivity index is 2.27. The zero-order valence-corrected chi connectivity index (χ0v) is 13.2. The molecule has 0 heterocycles. The molecule has 3 heteroatoms. The molecule has 2 rings (SSSR count). The zero-order chi connectivity index (χ0) is 16.2. The topological polar surface area (TPSA) is 46.5 Å². The first-order valence-electron chi connectivity index (χ1n) is 7.49. The third-order valence-corrected chi connectivity index (χ3v) is 3.98. The van der Waals surface area contributed by atoms with Crippen molar-refractivity contribution in [1.82, 2.24) is 0 Å². The molecular weight excluding hydrogens is 276 g/mol. The molecule has 3 nitrogen and oxygen atoms in total. The normalized spacial score (nSPS) is 12.7. The van der Waals surface area contributed by atoms with Crippen molar-refractivity contribution < 1.29 is 14.6 Å². The summed E-state index contributed by atoms with van der Waals surface area (Å²) in [6.45, 7) is 5.86. The Morgan fingerprint density at radius 3 is 2.18 bits per heavy atom. The second kappa shape index (κ2) is 6.65. The van der Waals surface area contributed by atoms with Crippen LogP contribution in [0, 0.1) is 0 Å². The monoisotopic (exact) mass is 298 g/mol. The van der Waals surface area contributed by atoms with Crippen LogP contribution in [-0.4, -0.2) is 17.2 Å². The quantitative estimate of drug-likeness (QED) is 0.875. The van der Waals surface area contributed by atoms with Crippen LogP contribution in [0.4, 0.5) is 0 Å². The Labute approximate surface area is 131 Å². The Morgan fingerprint density at radius 1 is 1.09 bits per heavy atom. The number of benzene rings is 2. The summed E-state index contributed by atoms with van der Waals surface area (Å²) < 4.78 is 5.80. The van der Waals surface area contributed by atoms with E-state index in [9.17, 15) is 9.90 Å². The van der Waals surface area contributed by atoms with Crippen molar-refractivity contribution in [2.75, 3.05) is 0 Å². The van der Waals surface area contributed by atoms with E-state index in [-0.39, 0.29) is 0 Å². The number of hydrogen-bond donors (Lipinski definition) is 1. The third-order valence-electron chi connectivity index (χ3n) is 3.98. The van der Waals surface area contributed by atoms with E-state index in [1.54, 1.807) is 0 Å². The van der Waals surface area contributed by atoms with Gasteiger partial charge in [0.05, 0.1) is 0 Å². The van der Waals surface area contributed by atoms with Crippen molar-refractivity contribution >= 4 is 5.97 Å². The van der Waals surface area contributed by atoms with Crippen molar-refractivity contribution in [3.05, 3.63) is 65.7 Å². The first-order valence-corrected chi connectivity index (χ1v) is 7.49. The number of carboxylic acids is 1. The summed E-state index contributed by atoms with van der Waals surface area (Å²) in [6.07, 6.45) is -0.0135. The van der Waals surface area contributed by atoms with Crippen LogP contribution in [0.25, 0.3) is 0 Å². The maximum atomic E-state index is 11.7. The summed E-state index contributed by atoms with van der Waals surface area (Å²) >= 11 is 0. The van der Waals surface area contributed by atoms with E-state index in [2.05, 4.69) is 6.92 Å². The van der Waals surface area contributed by atoms with Crippen LogP contribution in [0.3, 0.4) is 0 Å². The van der Waals surface area contributed by atoms with Crippen molar-refractivity contribution in [2.45, 2.75) is 38.7 Å². The van der Waals surface area contributed by atoms with Crippen LogP contribution in [0.1, 0.15) is 31.9 Å². The van der Waals surface area contributed by atoms with Gasteiger partial charge in [0.25, 0.3) is 0 Å². The predicted octanol–water partition coefficient (Wildman–Crippen LogP) is 4.06. The Morgan fingerprint density at radius 2 is 1.68 bits per heavy atom. The molecule has 0 bridgehead atoms. The minimum atomic E-state index is -0.964. The fourth-order valence-electron chi connectivity index (χ4n) is 2.47. The molecule has 0 radical (unpaired) electrons. The lowest BCUT2D eigenvalue weighted by Gasteiger charge is -2.32. The van der Waals surface area contributed by atoms with Gasteiger partial charge in [-0.3, -0.25) is 0 Å². The molecule has 0 saturated heterocycles. The van der Waals surface area contributed by atoms with Gasteiger partial charge < -0.3 is 9.84 Å². The summed E-state index contributed by atoms with van der Waals surface area (Å²) in [7, 11) is 0. The molecule has 2 aromatic rings. The fraction of sp³-hybridized carbons (Fsp3) is 0.316. The number of rotatable bonds is 6. The van der Waals surface area contributed by atoms with Gasteiger partial charge in [0.2, 0.25) is 6.10 Å². The summed E-state index contributed by atoms with van der Waals surface area (Å²) in [5.74, 6) is -0.387. The van der Waals surface area contributed by atoms with Gasteiger partial charge in [-0.2, -0.15) is 0 Å². The number of ether oxygens (including phenoxy) is 1. The van der Waals surface area contributed by atoms with Crippen molar-refractivity contribution in [3.63, 3.8) is 0 Å². The second-order valence-corrected chi connectivity index (χ2v) is 5.92. The van der Waals surface area contributed by atoms with Crippen molar-refractivity contribution in [2.24, 2.45) is 0 Å². The van der Waals surface area contributed by atoms with E-state index < -0.39 is 17.5 Å². The molecule has 1 unspecified atom stereocenters. The molecule has 0 saturated carbocycles. The minimum Gasteiger partial charge on any atom is -0.478 e. The number of carbonyl (C=O) groups is 1. The Bertz CT molecular complexity index is 615. The molecule has 0 amide bonds. The summed E-state index contributed by atoms with van der Waals surface area (Å²) in [6, 6.07) is 17.2. The molecule has 116 valence electrons. The SMILES string of the molecule is CCc1ccc(OC(C(=O)O)C(C)(C)c2ccccc2)cc1. The highest BCUT2D eigenvalue weighted by Crippen LogP contribution is 2.30. The molecule has 1 N–H and O–H groups in total. The maximum Gasteiger partial charge on any atom is 0.345 e. The molecule has 0 aliphatic carbocycles. The Kier molecular flexibility index (Phi) is 4.86.